The second-order valence-electron chi connectivity index (χ2n) is 2.90. The maximum atomic E-state index is 5.92. The molecule has 0 aromatic heterocycles. The minimum absolute atomic E-state index is 0.0626. The van der Waals surface area contributed by atoms with Crippen LogP contribution < -0.4 is 10.5 Å². The number of hydrogen-bond acceptors (Lipinski definition) is 3. The fraction of sp³-hybridized carbons (Fsp3) is 0.400. The molecular formula is C10H15NOS. The van der Waals surface area contributed by atoms with Crippen molar-refractivity contribution in [2.45, 2.75) is 12.5 Å². The second kappa shape index (κ2) is 5.14. The Hall–Kier alpha value is -0.670. The molecule has 0 amide bonds. The first-order valence-corrected chi connectivity index (χ1v) is 4.91. The lowest BCUT2D eigenvalue weighted by Crippen LogP contribution is -2.10. The van der Waals surface area contributed by atoms with E-state index in [0.29, 0.717) is 0 Å². The van der Waals surface area contributed by atoms with Crippen LogP contribution in [0.25, 0.3) is 0 Å². The minimum Gasteiger partial charge on any atom is -0.497 e. The first-order chi connectivity index (χ1) is 6.27. The number of benzene rings is 1. The van der Waals surface area contributed by atoms with E-state index in [1.165, 1.54) is 0 Å². The normalized spacial score (nSPS) is 12.5. The van der Waals surface area contributed by atoms with Crippen molar-refractivity contribution in [3.05, 3.63) is 29.8 Å². The third-order valence-corrected chi connectivity index (χ3v) is 2.22. The number of rotatable bonds is 4. The summed E-state index contributed by atoms with van der Waals surface area (Å²) in [6, 6.07) is 7.90. The van der Waals surface area contributed by atoms with E-state index in [0.717, 1.165) is 23.5 Å². The summed E-state index contributed by atoms with van der Waals surface area (Å²) < 4.78 is 5.11. The van der Waals surface area contributed by atoms with Gasteiger partial charge >= 0.3 is 0 Å². The molecule has 0 radical (unpaired) electrons. The molecule has 1 aromatic carbocycles. The molecule has 0 bridgehead atoms. The molecule has 13 heavy (non-hydrogen) atoms. The zero-order chi connectivity index (χ0) is 9.68. The van der Waals surface area contributed by atoms with Crippen LogP contribution in [0.4, 0.5) is 0 Å². The molecule has 1 unspecified atom stereocenters. The van der Waals surface area contributed by atoms with Gasteiger partial charge in [-0.2, -0.15) is 12.6 Å². The smallest absolute Gasteiger partial charge is 0.119 e. The summed E-state index contributed by atoms with van der Waals surface area (Å²) in [4.78, 5) is 0. The van der Waals surface area contributed by atoms with Gasteiger partial charge in [0.2, 0.25) is 0 Å². The zero-order valence-corrected chi connectivity index (χ0v) is 8.63. The molecular weight excluding hydrogens is 182 g/mol. The van der Waals surface area contributed by atoms with Gasteiger partial charge in [-0.25, -0.2) is 0 Å². The summed E-state index contributed by atoms with van der Waals surface area (Å²) in [6.07, 6.45) is 0.885. The Morgan fingerprint density at radius 1 is 1.54 bits per heavy atom. The molecule has 2 nitrogen and oxygen atoms in total. The van der Waals surface area contributed by atoms with Gasteiger partial charge in [-0.05, 0) is 29.9 Å². The molecule has 0 saturated heterocycles. The summed E-state index contributed by atoms with van der Waals surface area (Å²) in [6.45, 7) is 0. The summed E-state index contributed by atoms with van der Waals surface area (Å²) in [7, 11) is 1.66. The Kier molecular flexibility index (Phi) is 4.12. The van der Waals surface area contributed by atoms with Crippen molar-refractivity contribution in [2.75, 3.05) is 12.9 Å². The summed E-state index contributed by atoms with van der Waals surface area (Å²) in [5.41, 5.74) is 7.03. The van der Waals surface area contributed by atoms with Crippen molar-refractivity contribution in [3.8, 4) is 5.75 Å². The van der Waals surface area contributed by atoms with Crippen molar-refractivity contribution in [1.82, 2.24) is 0 Å². The first kappa shape index (κ1) is 10.4. The molecule has 0 aliphatic rings. The van der Waals surface area contributed by atoms with Crippen molar-refractivity contribution >= 4 is 12.6 Å². The van der Waals surface area contributed by atoms with Crippen molar-refractivity contribution in [1.29, 1.82) is 0 Å². The van der Waals surface area contributed by atoms with E-state index < -0.39 is 0 Å². The van der Waals surface area contributed by atoms with Gasteiger partial charge in [-0.15, -0.1) is 0 Å². The Morgan fingerprint density at radius 3 is 2.92 bits per heavy atom. The van der Waals surface area contributed by atoms with Crippen molar-refractivity contribution in [2.24, 2.45) is 5.73 Å². The zero-order valence-electron chi connectivity index (χ0n) is 7.73. The van der Waals surface area contributed by atoms with Crippen LogP contribution in [-0.2, 0) is 0 Å². The van der Waals surface area contributed by atoms with Gasteiger partial charge < -0.3 is 10.5 Å². The van der Waals surface area contributed by atoms with Gasteiger partial charge in [0.25, 0.3) is 0 Å². The van der Waals surface area contributed by atoms with E-state index in [1.807, 2.05) is 24.3 Å². The van der Waals surface area contributed by atoms with Crippen LogP contribution in [-0.4, -0.2) is 12.9 Å². The second-order valence-corrected chi connectivity index (χ2v) is 3.34. The van der Waals surface area contributed by atoms with E-state index in [1.54, 1.807) is 7.11 Å². The van der Waals surface area contributed by atoms with Crippen LogP contribution >= 0.6 is 12.6 Å². The molecule has 72 valence electrons. The predicted octanol–water partition coefficient (Wildman–Crippen LogP) is 2.01. The molecule has 3 heteroatoms. The maximum Gasteiger partial charge on any atom is 0.119 e. The van der Waals surface area contributed by atoms with Crippen LogP contribution in [0.2, 0.25) is 0 Å². The number of hydrogen-bond donors (Lipinski definition) is 2. The largest absolute Gasteiger partial charge is 0.497 e. The maximum absolute atomic E-state index is 5.92. The lowest BCUT2D eigenvalue weighted by Gasteiger charge is -2.11. The van der Waals surface area contributed by atoms with E-state index in [9.17, 15) is 0 Å². The average Bonchev–Trinajstić information content (AvgIpc) is 2.18. The molecule has 1 atom stereocenters. The standard InChI is InChI=1S/C10H15NOS/c1-12-9-4-2-3-8(7-9)10(11)5-6-13/h2-4,7,10,13H,5-6,11H2,1H3. The molecule has 0 aliphatic heterocycles. The van der Waals surface area contributed by atoms with Crippen molar-refractivity contribution < 1.29 is 4.74 Å². The number of thiol groups is 1. The Bertz CT molecular complexity index is 265. The molecule has 1 rings (SSSR count). The van der Waals surface area contributed by atoms with Gasteiger partial charge in [0.15, 0.2) is 0 Å². The van der Waals surface area contributed by atoms with Crippen LogP contribution in [0.3, 0.4) is 0 Å². The highest BCUT2D eigenvalue weighted by molar-refractivity contribution is 7.80. The highest BCUT2D eigenvalue weighted by Gasteiger charge is 2.04. The van der Waals surface area contributed by atoms with E-state index in [4.69, 9.17) is 10.5 Å². The average molecular weight is 197 g/mol. The summed E-state index contributed by atoms with van der Waals surface area (Å²) in [5.74, 6) is 1.66. The fourth-order valence-corrected chi connectivity index (χ4v) is 1.46. The highest BCUT2D eigenvalue weighted by Crippen LogP contribution is 2.19. The van der Waals surface area contributed by atoms with E-state index in [2.05, 4.69) is 12.6 Å². The molecule has 0 aliphatic carbocycles. The molecule has 0 spiro atoms. The third kappa shape index (κ3) is 2.94. The number of nitrogens with two attached hydrogens (primary N) is 1. The van der Waals surface area contributed by atoms with Crippen LogP contribution in [0.15, 0.2) is 24.3 Å². The van der Waals surface area contributed by atoms with Crippen LogP contribution in [0.1, 0.15) is 18.0 Å². The molecule has 1 aromatic rings. The lowest BCUT2D eigenvalue weighted by atomic mass is 10.1. The van der Waals surface area contributed by atoms with E-state index in [-0.39, 0.29) is 6.04 Å². The molecule has 0 fully saturated rings. The fourth-order valence-electron chi connectivity index (χ4n) is 1.18. The van der Waals surface area contributed by atoms with Gasteiger partial charge in [0, 0.05) is 6.04 Å². The Morgan fingerprint density at radius 2 is 2.31 bits per heavy atom. The van der Waals surface area contributed by atoms with Crippen LogP contribution in [0.5, 0.6) is 5.75 Å². The lowest BCUT2D eigenvalue weighted by molar-refractivity contribution is 0.413. The SMILES string of the molecule is COc1cccc(C(N)CCS)c1. The van der Waals surface area contributed by atoms with Gasteiger partial charge in [-0.1, -0.05) is 12.1 Å². The highest BCUT2D eigenvalue weighted by atomic mass is 32.1. The quantitative estimate of drug-likeness (QED) is 0.724. The first-order valence-electron chi connectivity index (χ1n) is 4.28. The Balaban J connectivity index is 2.75. The van der Waals surface area contributed by atoms with E-state index >= 15 is 0 Å². The summed E-state index contributed by atoms with van der Waals surface area (Å²) in [5, 5.41) is 0. The van der Waals surface area contributed by atoms with Gasteiger partial charge in [0.05, 0.1) is 7.11 Å². The minimum atomic E-state index is 0.0626. The monoisotopic (exact) mass is 197 g/mol. The Labute approximate surface area is 84.5 Å². The predicted molar refractivity (Wildman–Crippen MR) is 58.4 cm³/mol. The third-order valence-electron chi connectivity index (χ3n) is 1.96. The van der Waals surface area contributed by atoms with Crippen molar-refractivity contribution in [3.63, 3.8) is 0 Å². The molecule has 0 heterocycles. The molecule has 2 N–H and O–H groups in total. The van der Waals surface area contributed by atoms with Crippen LogP contribution in [0, 0.1) is 0 Å². The number of ether oxygens (including phenoxy) is 1. The molecule has 0 saturated carbocycles. The number of methoxy groups -OCH3 is 1. The topological polar surface area (TPSA) is 35.2 Å². The van der Waals surface area contributed by atoms with Gasteiger partial charge in [-0.3, -0.25) is 0 Å². The van der Waals surface area contributed by atoms with Gasteiger partial charge in [0.1, 0.15) is 5.75 Å². The summed E-state index contributed by atoms with van der Waals surface area (Å²) >= 11 is 4.15.